The normalized spacial score (nSPS) is 12.6. The third kappa shape index (κ3) is 5.88. The van der Waals surface area contributed by atoms with Crippen LogP contribution in [0.1, 0.15) is 40.0 Å². The first kappa shape index (κ1) is 18.3. The number of carbonyl (C=O) groups is 1. The van der Waals surface area contributed by atoms with Crippen molar-refractivity contribution >= 4 is 16.2 Å². The molecule has 0 aromatic heterocycles. The van der Waals surface area contributed by atoms with Crippen LogP contribution in [0.4, 0.5) is 0 Å². The van der Waals surface area contributed by atoms with E-state index in [1.807, 2.05) is 13.8 Å². The Morgan fingerprint density at radius 1 is 1.21 bits per heavy atom. The zero-order valence-electron chi connectivity index (χ0n) is 12.3. The van der Waals surface area contributed by atoms with Gasteiger partial charge in [0.1, 0.15) is 0 Å². The highest BCUT2D eigenvalue weighted by Crippen LogP contribution is 2.14. The highest BCUT2D eigenvalue weighted by atomic mass is 32.2. The first-order valence-electron chi connectivity index (χ1n) is 6.72. The van der Waals surface area contributed by atoms with Gasteiger partial charge in [0.15, 0.2) is 0 Å². The van der Waals surface area contributed by atoms with Gasteiger partial charge < -0.3 is 5.11 Å². The first-order chi connectivity index (χ1) is 8.79. The topological polar surface area (TPSA) is 77.9 Å². The molecule has 0 rings (SSSR count). The molecule has 1 N–H and O–H groups in total. The van der Waals surface area contributed by atoms with E-state index < -0.39 is 16.2 Å². The summed E-state index contributed by atoms with van der Waals surface area (Å²) in [6.45, 7) is 6.77. The molecule has 19 heavy (non-hydrogen) atoms. The summed E-state index contributed by atoms with van der Waals surface area (Å²) < 4.78 is 27.1. The molecule has 0 radical (unpaired) electrons. The van der Waals surface area contributed by atoms with Gasteiger partial charge in [-0.05, 0) is 5.92 Å². The summed E-state index contributed by atoms with van der Waals surface area (Å²) in [4.78, 5) is 10.5. The molecular weight excluding hydrogens is 268 g/mol. The van der Waals surface area contributed by atoms with Gasteiger partial charge in [0, 0.05) is 26.7 Å². The lowest BCUT2D eigenvalue weighted by molar-refractivity contribution is -0.137. The van der Waals surface area contributed by atoms with E-state index >= 15 is 0 Å². The van der Waals surface area contributed by atoms with E-state index in [-0.39, 0.29) is 13.0 Å². The Balaban J connectivity index is 4.76. The zero-order valence-corrected chi connectivity index (χ0v) is 13.1. The van der Waals surface area contributed by atoms with Crippen molar-refractivity contribution in [3.05, 3.63) is 0 Å². The van der Waals surface area contributed by atoms with E-state index in [1.165, 1.54) is 11.4 Å². The largest absolute Gasteiger partial charge is 0.481 e. The maximum absolute atomic E-state index is 12.3. The Morgan fingerprint density at radius 2 is 1.74 bits per heavy atom. The smallest absolute Gasteiger partial charge is 0.304 e. The molecule has 0 atom stereocenters. The average molecular weight is 294 g/mol. The average Bonchev–Trinajstić information content (AvgIpc) is 2.36. The fourth-order valence-electron chi connectivity index (χ4n) is 1.79. The lowest BCUT2D eigenvalue weighted by Gasteiger charge is -2.28. The Hall–Kier alpha value is -0.660. The van der Waals surface area contributed by atoms with Crippen molar-refractivity contribution in [1.82, 2.24) is 8.61 Å². The van der Waals surface area contributed by atoms with Gasteiger partial charge in [-0.15, -0.1) is 0 Å². The number of nitrogens with zero attached hydrogens (tertiary/aromatic N) is 2. The van der Waals surface area contributed by atoms with Gasteiger partial charge in [-0.2, -0.15) is 17.0 Å². The first-order valence-corrected chi connectivity index (χ1v) is 8.12. The number of carboxylic acids is 1. The predicted octanol–water partition coefficient (Wildman–Crippen LogP) is 1.40. The van der Waals surface area contributed by atoms with E-state index in [2.05, 4.69) is 0 Å². The number of aliphatic carboxylic acids is 1. The Morgan fingerprint density at radius 3 is 2.11 bits per heavy atom. The van der Waals surface area contributed by atoms with Crippen LogP contribution in [0, 0.1) is 5.92 Å². The summed E-state index contributed by atoms with van der Waals surface area (Å²) in [6, 6.07) is 0. The molecule has 0 bridgehead atoms. The van der Waals surface area contributed by atoms with Crippen molar-refractivity contribution in [2.24, 2.45) is 5.92 Å². The molecule has 0 spiro atoms. The van der Waals surface area contributed by atoms with Crippen LogP contribution >= 0.6 is 0 Å². The molecule has 0 heterocycles. The molecule has 0 amide bonds. The van der Waals surface area contributed by atoms with Crippen LogP contribution in [-0.2, 0) is 15.0 Å². The van der Waals surface area contributed by atoms with Crippen LogP contribution in [-0.4, -0.2) is 54.8 Å². The highest BCUT2D eigenvalue weighted by Gasteiger charge is 2.27. The van der Waals surface area contributed by atoms with E-state index in [0.29, 0.717) is 19.0 Å². The summed E-state index contributed by atoms with van der Waals surface area (Å²) >= 11 is 0. The summed E-state index contributed by atoms with van der Waals surface area (Å²) in [5, 5.41) is 8.61. The maximum Gasteiger partial charge on any atom is 0.304 e. The molecule has 7 heteroatoms. The lowest BCUT2D eigenvalue weighted by atomic mass is 10.0. The van der Waals surface area contributed by atoms with Gasteiger partial charge in [-0.25, -0.2) is 0 Å². The van der Waals surface area contributed by atoms with E-state index in [4.69, 9.17) is 5.11 Å². The van der Waals surface area contributed by atoms with Gasteiger partial charge in [0.05, 0.1) is 6.42 Å². The van der Waals surface area contributed by atoms with Gasteiger partial charge >= 0.3 is 5.97 Å². The molecule has 0 aliphatic rings. The Bertz CT molecular complexity index is 366. The van der Waals surface area contributed by atoms with Gasteiger partial charge in [0.2, 0.25) is 0 Å². The van der Waals surface area contributed by atoms with Crippen LogP contribution in [0.2, 0.25) is 0 Å². The Labute approximate surface area is 116 Å². The number of hydrogen-bond donors (Lipinski definition) is 1. The van der Waals surface area contributed by atoms with Crippen LogP contribution in [0.3, 0.4) is 0 Å². The molecule has 0 saturated heterocycles. The molecular formula is C12H26N2O4S. The maximum atomic E-state index is 12.3. The predicted molar refractivity (Wildman–Crippen MR) is 75.1 cm³/mol. The third-order valence-corrected chi connectivity index (χ3v) is 5.36. The van der Waals surface area contributed by atoms with Crippen LogP contribution in [0.25, 0.3) is 0 Å². The van der Waals surface area contributed by atoms with Crippen molar-refractivity contribution < 1.29 is 18.3 Å². The molecule has 0 fully saturated rings. The van der Waals surface area contributed by atoms with Crippen molar-refractivity contribution in [1.29, 1.82) is 0 Å². The highest BCUT2D eigenvalue weighted by molar-refractivity contribution is 7.86. The van der Waals surface area contributed by atoms with Crippen molar-refractivity contribution in [2.45, 2.75) is 40.0 Å². The molecule has 0 aliphatic heterocycles. The van der Waals surface area contributed by atoms with Gasteiger partial charge in [-0.1, -0.05) is 33.6 Å². The fraction of sp³-hybridized carbons (Fsp3) is 0.917. The summed E-state index contributed by atoms with van der Waals surface area (Å²) in [5.41, 5.74) is 0. The molecule has 0 saturated carbocycles. The van der Waals surface area contributed by atoms with E-state index in [9.17, 15) is 13.2 Å². The minimum absolute atomic E-state index is 0.00289. The van der Waals surface area contributed by atoms with Gasteiger partial charge in [0.25, 0.3) is 10.2 Å². The molecule has 0 aliphatic carbocycles. The summed E-state index contributed by atoms with van der Waals surface area (Å²) in [5.74, 6) is -0.660. The molecule has 6 nitrogen and oxygen atoms in total. The third-order valence-electron chi connectivity index (χ3n) is 3.33. The minimum atomic E-state index is -3.56. The van der Waals surface area contributed by atoms with E-state index in [0.717, 1.165) is 17.1 Å². The second kappa shape index (κ2) is 8.50. The zero-order chi connectivity index (χ0) is 15.1. The minimum Gasteiger partial charge on any atom is -0.481 e. The number of rotatable bonds is 10. The summed E-state index contributed by atoms with van der Waals surface area (Å²) in [7, 11) is -2.13. The molecule has 114 valence electrons. The van der Waals surface area contributed by atoms with E-state index in [1.54, 1.807) is 6.92 Å². The standard InChI is InChI=1S/C12H26N2O4S/c1-5-11(6-2)10-14(7-3)19(17,18)13(4)9-8-12(15)16/h11H,5-10H2,1-4H3,(H,15,16). The molecule has 0 aromatic carbocycles. The number of carboxylic acid groups (broad SMARTS) is 1. The Kier molecular flexibility index (Phi) is 8.20. The van der Waals surface area contributed by atoms with Crippen molar-refractivity contribution in [3.8, 4) is 0 Å². The summed E-state index contributed by atoms with van der Waals surface area (Å²) in [6.07, 6.45) is 1.68. The molecule has 0 aromatic rings. The van der Waals surface area contributed by atoms with Crippen LogP contribution < -0.4 is 0 Å². The fourth-order valence-corrected chi connectivity index (χ4v) is 3.23. The molecule has 0 unspecified atom stereocenters. The van der Waals surface area contributed by atoms with Gasteiger partial charge in [-0.3, -0.25) is 4.79 Å². The lowest BCUT2D eigenvalue weighted by Crippen LogP contribution is -2.44. The van der Waals surface area contributed by atoms with Crippen LogP contribution in [0.15, 0.2) is 0 Å². The quantitative estimate of drug-likeness (QED) is 0.660. The number of hydrogen-bond acceptors (Lipinski definition) is 3. The second-order valence-corrected chi connectivity index (χ2v) is 6.64. The van der Waals surface area contributed by atoms with Crippen molar-refractivity contribution in [3.63, 3.8) is 0 Å². The second-order valence-electron chi connectivity index (χ2n) is 4.61. The van der Waals surface area contributed by atoms with Crippen molar-refractivity contribution in [2.75, 3.05) is 26.7 Å². The SMILES string of the molecule is CCC(CC)CN(CC)S(=O)(=O)N(C)CCC(=O)O. The van der Waals surface area contributed by atoms with Crippen LogP contribution in [0.5, 0.6) is 0 Å². The monoisotopic (exact) mass is 294 g/mol.